The van der Waals surface area contributed by atoms with Crippen LogP contribution < -0.4 is 0 Å². The van der Waals surface area contributed by atoms with Crippen molar-refractivity contribution in [1.29, 1.82) is 0 Å². The van der Waals surface area contributed by atoms with E-state index in [4.69, 9.17) is 9.63 Å². The standard InChI is InChI=1S/C9H15N3O2/c1-12(4-5-13)6-8-10-9(14-11-8)7-2-3-7/h7,13H,2-6H2,1H3. The molecule has 1 heterocycles. The highest BCUT2D eigenvalue weighted by Gasteiger charge is 2.29. The van der Waals surface area contributed by atoms with E-state index in [0.717, 1.165) is 5.89 Å². The van der Waals surface area contributed by atoms with E-state index in [2.05, 4.69) is 10.1 Å². The molecule has 1 aliphatic carbocycles. The van der Waals surface area contributed by atoms with Gasteiger partial charge in [0.05, 0.1) is 13.2 Å². The molecule has 0 saturated heterocycles. The Labute approximate surface area is 82.7 Å². The number of hydrogen-bond acceptors (Lipinski definition) is 5. The fourth-order valence-corrected chi connectivity index (χ4v) is 1.32. The third-order valence-electron chi connectivity index (χ3n) is 2.30. The van der Waals surface area contributed by atoms with E-state index in [1.165, 1.54) is 12.8 Å². The van der Waals surface area contributed by atoms with E-state index in [9.17, 15) is 0 Å². The summed E-state index contributed by atoms with van der Waals surface area (Å²) in [7, 11) is 1.92. The first-order valence-corrected chi connectivity index (χ1v) is 4.91. The molecule has 1 aromatic heterocycles. The predicted octanol–water partition coefficient (Wildman–Crippen LogP) is 0.371. The maximum atomic E-state index is 8.71. The zero-order valence-electron chi connectivity index (χ0n) is 8.31. The first-order chi connectivity index (χ1) is 6.79. The van der Waals surface area contributed by atoms with Gasteiger partial charge in [0.25, 0.3) is 0 Å². The first kappa shape index (κ1) is 9.61. The second-order valence-electron chi connectivity index (χ2n) is 3.78. The summed E-state index contributed by atoms with van der Waals surface area (Å²) in [6.07, 6.45) is 2.35. The Morgan fingerprint density at radius 1 is 1.57 bits per heavy atom. The van der Waals surface area contributed by atoms with Gasteiger partial charge in [0.15, 0.2) is 5.82 Å². The lowest BCUT2D eigenvalue weighted by molar-refractivity contribution is 0.213. The van der Waals surface area contributed by atoms with E-state index >= 15 is 0 Å². The van der Waals surface area contributed by atoms with E-state index in [1.54, 1.807) is 0 Å². The normalized spacial score (nSPS) is 16.5. The lowest BCUT2D eigenvalue weighted by atomic mass is 10.4. The van der Waals surface area contributed by atoms with Crippen LogP contribution in [0.2, 0.25) is 0 Å². The van der Waals surface area contributed by atoms with E-state index in [0.29, 0.717) is 24.8 Å². The Hall–Kier alpha value is -0.940. The summed E-state index contributed by atoms with van der Waals surface area (Å²) in [5, 5.41) is 12.6. The average molecular weight is 197 g/mol. The third-order valence-corrected chi connectivity index (χ3v) is 2.30. The van der Waals surface area contributed by atoms with Gasteiger partial charge in [0, 0.05) is 12.5 Å². The van der Waals surface area contributed by atoms with Gasteiger partial charge >= 0.3 is 0 Å². The molecule has 5 heteroatoms. The Bertz CT molecular complexity index is 296. The molecule has 0 atom stereocenters. The van der Waals surface area contributed by atoms with Crippen molar-refractivity contribution in [3.8, 4) is 0 Å². The maximum Gasteiger partial charge on any atom is 0.229 e. The number of aliphatic hydroxyl groups is 1. The lowest BCUT2D eigenvalue weighted by Gasteiger charge is -2.11. The van der Waals surface area contributed by atoms with Gasteiger partial charge in [-0.3, -0.25) is 4.90 Å². The topological polar surface area (TPSA) is 62.4 Å². The lowest BCUT2D eigenvalue weighted by Crippen LogP contribution is -2.22. The van der Waals surface area contributed by atoms with Crippen LogP contribution in [0.25, 0.3) is 0 Å². The summed E-state index contributed by atoms with van der Waals surface area (Å²) in [5.74, 6) is 2.00. The highest BCUT2D eigenvalue weighted by molar-refractivity contribution is 5.01. The van der Waals surface area contributed by atoms with Crippen LogP contribution in [0.1, 0.15) is 30.5 Å². The van der Waals surface area contributed by atoms with E-state index < -0.39 is 0 Å². The molecule has 0 aromatic carbocycles. The van der Waals surface area contributed by atoms with Crippen LogP contribution in [-0.4, -0.2) is 40.3 Å². The second-order valence-corrected chi connectivity index (χ2v) is 3.78. The number of nitrogens with zero attached hydrogens (tertiary/aromatic N) is 3. The number of likely N-dealkylation sites (N-methyl/N-ethyl adjacent to an activating group) is 1. The molecule has 0 unspecified atom stereocenters. The summed E-state index contributed by atoms with van der Waals surface area (Å²) < 4.78 is 5.12. The Morgan fingerprint density at radius 3 is 3.00 bits per heavy atom. The molecule has 1 aromatic rings. The fourth-order valence-electron chi connectivity index (χ4n) is 1.32. The molecule has 2 rings (SSSR count). The smallest absolute Gasteiger partial charge is 0.229 e. The van der Waals surface area contributed by atoms with Gasteiger partial charge < -0.3 is 9.63 Å². The third kappa shape index (κ3) is 2.30. The average Bonchev–Trinajstić information content (AvgIpc) is 2.89. The van der Waals surface area contributed by atoms with Crippen LogP contribution in [-0.2, 0) is 6.54 Å². The molecule has 0 amide bonds. The molecule has 1 saturated carbocycles. The summed E-state index contributed by atoms with van der Waals surface area (Å²) in [5.41, 5.74) is 0. The zero-order chi connectivity index (χ0) is 9.97. The molecule has 0 spiro atoms. The largest absolute Gasteiger partial charge is 0.395 e. The van der Waals surface area contributed by atoms with Crippen LogP contribution in [0.4, 0.5) is 0 Å². The molecule has 14 heavy (non-hydrogen) atoms. The van der Waals surface area contributed by atoms with Gasteiger partial charge in [-0.1, -0.05) is 5.16 Å². The van der Waals surface area contributed by atoms with Gasteiger partial charge in [-0.15, -0.1) is 0 Å². The molecule has 0 aliphatic heterocycles. The van der Waals surface area contributed by atoms with Crippen molar-refractivity contribution in [3.05, 3.63) is 11.7 Å². The van der Waals surface area contributed by atoms with Crippen molar-refractivity contribution in [2.75, 3.05) is 20.2 Å². The van der Waals surface area contributed by atoms with Crippen LogP contribution in [0.15, 0.2) is 4.52 Å². The minimum absolute atomic E-state index is 0.157. The Kier molecular flexibility index (Phi) is 2.79. The molecular formula is C9H15N3O2. The van der Waals surface area contributed by atoms with Gasteiger partial charge in [0.1, 0.15) is 0 Å². The minimum atomic E-state index is 0.157. The van der Waals surface area contributed by atoms with Gasteiger partial charge in [-0.25, -0.2) is 0 Å². The second kappa shape index (κ2) is 4.06. The van der Waals surface area contributed by atoms with Gasteiger partial charge in [-0.2, -0.15) is 4.98 Å². The van der Waals surface area contributed by atoms with Gasteiger partial charge in [-0.05, 0) is 19.9 Å². The van der Waals surface area contributed by atoms with E-state index in [-0.39, 0.29) is 6.61 Å². The monoisotopic (exact) mass is 197 g/mol. The highest BCUT2D eigenvalue weighted by Crippen LogP contribution is 2.38. The predicted molar refractivity (Wildman–Crippen MR) is 49.7 cm³/mol. The fraction of sp³-hybridized carbons (Fsp3) is 0.778. The first-order valence-electron chi connectivity index (χ1n) is 4.91. The Morgan fingerprint density at radius 2 is 2.36 bits per heavy atom. The number of hydrogen-bond donors (Lipinski definition) is 1. The van der Waals surface area contributed by atoms with Crippen molar-refractivity contribution in [1.82, 2.24) is 15.0 Å². The summed E-state index contributed by atoms with van der Waals surface area (Å²) >= 11 is 0. The molecule has 1 fully saturated rings. The van der Waals surface area contributed by atoms with Crippen LogP contribution >= 0.6 is 0 Å². The molecule has 5 nitrogen and oxygen atoms in total. The summed E-state index contributed by atoms with van der Waals surface area (Å²) in [6.45, 7) is 1.42. The zero-order valence-corrected chi connectivity index (χ0v) is 8.31. The van der Waals surface area contributed by atoms with Crippen LogP contribution in [0.5, 0.6) is 0 Å². The molecule has 1 aliphatic rings. The Balaban J connectivity index is 1.88. The van der Waals surface area contributed by atoms with Crippen molar-refractivity contribution < 1.29 is 9.63 Å². The molecule has 0 bridgehead atoms. The van der Waals surface area contributed by atoms with Crippen molar-refractivity contribution >= 4 is 0 Å². The molecular weight excluding hydrogens is 182 g/mol. The van der Waals surface area contributed by atoms with Crippen LogP contribution in [0.3, 0.4) is 0 Å². The molecule has 78 valence electrons. The SMILES string of the molecule is CN(CCO)Cc1noc(C2CC2)n1. The summed E-state index contributed by atoms with van der Waals surface area (Å²) in [6, 6.07) is 0. The van der Waals surface area contributed by atoms with Gasteiger partial charge in [0.2, 0.25) is 5.89 Å². The minimum Gasteiger partial charge on any atom is -0.395 e. The van der Waals surface area contributed by atoms with Crippen molar-refractivity contribution in [3.63, 3.8) is 0 Å². The quantitative estimate of drug-likeness (QED) is 0.739. The van der Waals surface area contributed by atoms with Crippen LogP contribution in [0, 0.1) is 0 Å². The van der Waals surface area contributed by atoms with Crippen molar-refractivity contribution in [2.45, 2.75) is 25.3 Å². The number of aliphatic hydroxyl groups excluding tert-OH is 1. The summed E-state index contributed by atoms with van der Waals surface area (Å²) in [4.78, 5) is 6.25. The molecule has 1 N–H and O–H groups in total. The van der Waals surface area contributed by atoms with Crippen molar-refractivity contribution in [2.24, 2.45) is 0 Å². The highest BCUT2D eigenvalue weighted by atomic mass is 16.5. The number of rotatable bonds is 5. The van der Waals surface area contributed by atoms with E-state index in [1.807, 2.05) is 11.9 Å². The maximum absolute atomic E-state index is 8.71. The number of aromatic nitrogens is 2. The molecule has 0 radical (unpaired) electrons.